The summed E-state index contributed by atoms with van der Waals surface area (Å²) in [6.07, 6.45) is 0.963. The van der Waals surface area contributed by atoms with E-state index in [1.54, 1.807) is 19.1 Å². The van der Waals surface area contributed by atoms with Crippen molar-refractivity contribution in [2.45, 2.75) is 6.92 Å². The van der Waals surface area contributed by atoms with Crippen molar-refractivity contribution in [3.8, 4) is 16.3 Å². The van der Waals surface area contributed by atoms with Gasteiger partial charge in [-0.25, -0.2) is 9.78 Å². The summed E-state index contributed by atoms with van der Waals surface area (Å²) in [5.74, 6) is -0.814. The zero-order valence-electron chi connectivity index (χ0n) is 10.7. The standard InChI is InChI=1S/C12H11NO5S2/c1-7-10(12(14)15)19-11(13-7)8-3-5-9(6-4-8)18-20(2,16)17/h3-6H,1-2H3,(H,14,15). The van der Waals surface area contributed by atoms with Crippen LogP contribution < -0.4 is 4.18 Å². The molecule has 0 atom stereocenters. The quantitative estimate of drug-likeness (QED) is 0.869. The molecule has 1 heterocycles. The van der Waals surface area contributed by atoms with Crippen molar-refractivity contribution in [2.75, 3.05) is 6.26 Å². The second-order valence-corrected chi connectivity index (χ2v) is 6.62. The number of rotatable bonds is 4. The number of hydrogen-bond acceptors (Lipinski definition) is 6. The Labute approximate surface area is 119 Å². The fourth-order valence-electron chi connectivity index (χ4n) is 1.55. The van der Waals surface area contributed by atoms with E-state index < -0.39 is 16.1 Å². The summed E-state index contributed by atoms with van der Waals surface area (Å²) in [6.45, 7) is 1.63. The number of aromatic carboxylic acids is 1. The highest BCUT2D eigenvalue weighted by molar-refractivity contribution is 7.86. The fraction of sp³-hybridized carbons (Fsp3) is 0.167. The summed E-state index contributed by atoms with van der Waals surface area (Å²) in [5.41, 5.74) is 1.15. The maximum absolute atomic E-state index is 11.0. The Morgan fingerprint density at radius 3 is 2.35 bits per heavy atom. The molecule has 8 heteroatoms. The molecule has 2 aromatic rings. The molecule has 106 valence electrons. The molecule has 0 aliphatic heterocycles. The van der Waals surface area contributed by atoms with Gasteiger partial charge in [0.05, 0.1) is 11.9 Å². The highest BCUT2D eigenvalue weighted by Crippen LogP contribution is 2.29. The van der Waals surface area contributed by atoms with Crippen LogP contribution in [0.15, 0.2) is 24.3 Å². The van der Waals surface area contributed by atoms with Crippen molar-refractivity contribution in [1.82, 2.24) is 4.98 Å². The topological polar surface area (TPSA) is 93.6 Å². The molecule has 0 radical (unpaired) electrons. The molecule has 1 aromatic carbocycles. The van der Waals surface area contributed by atoms with Crippen LogP contribution in [0.5, 0.6) is 5.75 Å². The van der Waals surface area contributed by atoms with Gasteiger partial charge in [0, 0.05) is 5.56 Å². The van der Waals surface area contributed by atoms with Gasteiger partial charge >= 0.3 is 16.1 Å². The Morgan fingerprint density at radius 2 is 1.90 bits per heavy atom. The molecule has 0 bridgehead atoms. The van der Waals surface area contributed by atoms with Gasteiger partial charge in [-0.1, -0.05) is 0 Å². The summed E-state index contributed by atoms with van der Waals surface area (Å²) in [7, 11) is -3.56. The van der Waals surface area contributed by atoms with Gasteiger partial charge in [0.25, 0.3) is 0 Å². The summed E-state index contributed by atoms with van der Waals surface area (Å²) >= 11 is 1.07. The van der Waals surface area contributed by atoms with Crippen molar-refractivity contribution < 1.29 is 22.5 Å². The zero-order valence-corrected chi connectivity index (χ0v) is 12.3. The van der Waals surface area contributed by atoms with Crippen molar-refractivity contribution >= 4 is 27.4 Å². The van der Waals surface area contributed by atoms with Crippen molar-refractivity contribution in [3.05, 3.63) is 34.8 Å². The van der Waals surface area contributed by atoms with E-state index >= 15 is 0 Å². The number of carbonyl (C=O) groups is 1. The lowest BCUT2D eigenvalue weighted by Crippen LogP contribution is -2.05. The lowest BCUT2D eigenvalue weighted by atomic mass is 10.2. The Kier molecular flexibility index (Phi) is 3.78. The predicted molar refractivity (Wildman–Crippen MR) is 74.7 cm³/mol. The van der Waals surface area contributed by atoms with E-state index in [4.69, 9.17) is 9.29 Å². The fourth-order valence-corrected chi connectivity index (χ4v) is 2.92. The smallest absolute Gasteiger partial charge is 0.347 e. The number of carboxylic acids is 1. The average Bonchev–Trinajstić information content (AvgIpc) is 2.70. The first-order valence-electron chi connectivity index (χ1n) is 5.47. The van der Waals surface area contributed by atoms with Gasteiger partial charge in [-0.15, -0.1) is 11.3 Å². The molecular formula is C12H11NO5S2. The normalized spacial score (nSPS) is 11.3. The first kappa shape index (κ1) is 14.5. The molecule has 0 saturated heterocycles. The largest absolute Gasteiger partial charge is 0.477 e. The van der Waals surface area contributed by atoms with Crippen LogP contribution in [0.25, 0.3) is 10.6 Å². The Hall–Kier alpha value is -1.93. The molecule has 0 fully saturated rings. The molecule has 1 aromatic heterocycles. The lowest BCUT2D eigenvalue weighted by molar-refractivity contribution is 0.0701. The van der Waals surface area contributed by atoms with E-state index in [1.807, 2.05) is 0 Å². The van der Waals surface area contributed by atoms with E-state index in [-0.39, 0.29) is 10.6 Å². The zero-order chi connectivity index (χ0) is 14.9. The van der Waals surface area contributed by atoms with E-state index in [2.05, 4.69) is 4.98 Å². The van der Waals surface area contributed by atoms with Gasteiger partial charge in [0.15, 0.2) is 0 Å². The van der Waals surface area contributed by atoms with Crippen LogP contribution in [0.1, 0.15) is 15.4 Å². The van der Waals surface area contributed by atoms with Crippen LogP contribution >= 0.6 is 11.3 Å². The molecule has 20 heavy (non-hydrogen) atoms. The molecule has 0 unspecified atom stereocenters. The highest BCUT2D eigenvalue weighted by atomic mass is 32.2. The van der Waals surface area contributed by atoms with Gasteiger partial charge in [-0.2, -0.15) is 8.42 Å². The average molecular weight is 313 g/mol. The van der Waals surface area contributed by atoms with Crippen LogP contribution in [0, 0.1) is 6.92 Å². The van der Waals surface area contributed by atoms with Gasteiger partial charge in [0.2, 0.25) is 0 Å². The van der Waals surface area contributed by atoms with Gasteiger partial charge < -0.3 is 9.29 Å². The number of hydrogen-bond donors (Lipinski definition) is 1. The second kappa shape index (κ2) is 5.22. The third kappa shape index (κ3) is 3.34. The molecule has 0 aliphatic carbocycles. The van der Waals surface area contributed by atoms with E-state index in [0.717, 1.165) is 17.6 Å². The first-order valence-corrected chi connectivity index (χ1v) is 8.10. The van der Waals surface area contributed by atoms with Crippen molar-refractivity contribution in [3.63, 3.8) is 0 Å². The Bertz CT molecular complexity index is 747. The van der Waals surface area contributed by atoms with Gasteiger partial charge in [-0.3, -0.25) is 0 Å². The SMILES string of the molecule is Cc1nc(-c2ccc(OS(C)(=O)=O)cc2)sc1C(=O)O. The van der Waals surface area contributed by atoms with E-state index in [9.17, 15) is 13.2 Å². The summed E-state index contributed by atoms with van der Waals surface area (Å²) < 4.78 is 26.7. The molecular weight excluding hydrogens is 302 g/mol. The predicted octanol–water partition coefficient (Wildman–Crippen LogP) is 2.16. The van der Waals surface area contributed by atoms with Gasteiger partial charge in [-0.05, 0) is 31.2 Å². The third-order valence-electron chi connectivity index (χ3n) is 2.34. The molecule has 0 amide bonds. The number of nitrogens with zero attached hydrogens (tertiary/aromatic N) is 1. The molecule has 0 saturated carbocycles. The number of aromatic nitrogens is 1. The number of carboxylic acid groups (broad SMARTS) is 1. The first-order chi connectivity index (χ1) is 9.26. The maximum atomic E-state index is 11.0. The summed E-state index contributed by atoms with van der Waals surface area (Å²) in [6, 6.07) is 6.25. The summed E-state index contributed by atoms with van der Waals surface area (Å²) in [5, 5.41) is 9.54. The van der Waals surface area contributed by atoms with Crippen LogP contribution in [0.3, 0.4) is 0 Å². The second-order valence-electron chi connectivity index (χ2n) is 4.05. The molecule has 2 rings (SSSR count). The minimum absolute atomic E-state index is 0.191. The Balaban J connectivity index is 2.30. The minimum atomic E-state index is -3.56. The molecule has 1 N–H and O–H groups in total. The van der Waals surface area contributed by atoms with Crippen molar-refractivity contribution in [2.24, 2.45) is 0 Å². The van der Waals surface area contributed by atoms with Crippen LogP contribution in [0.2, 0.25) is 0 Å². The molecule has 0 spiro atoms. The monoisotopic (exact) mass is 313 g/mol. The Morgan fingerprint density at radius 1 is 1.30 bits per heavy atom. The minimum Gasteiger partial charge on any atom is -0.477 e. The lowest BCUT2D eigenvalue weighted by Gasteiger charge is -2.02. The number of thiazole rings is 1. The van der Waals surface area contributed by atoms with Crippen LogP contribution in [-0.4, -0.2) is 30.7 Å². The third-order valence-corrected chi connectivity index (χ3v) is 4.03. The molecule has 0 aliphatic rings. The maximum Gasteiger partial charge on any atom is 0.347 e. The summed E-state index contributed by atoms with van der Waals surface area (Å²) in [4.78, 5) is 15.3. The number of aryl methyl sites for hydroxylation is 1. The van der Waals surface area contributed by atoms with Crippen LogP contribution in [0.4, 0.5) is 0 Å². The number of benzene rings is 1. The highest BCUT2D eigenvalue weighted by Gasteiger charge is 2.15. The van der Waals surface area contributed by atoms with Crippen LogP contribution in [-0.2, 0) is 10.1 Å². The van der Waals surface area contributed by atoms with Crippen molar-refractivity contribution in [1.29, 1.82) is 0 Å². The molecule has 6 nitrogen and oxygen atoms in total. The van der Waals surface area contributed by atoms with E-state index in [1.165, 1.54) is 12.1 Å². The van der Waals surface area contributed by atoms with E-state index in [0.29, 0.717) is 16.3 Å². The van der Waals surface area contributed by atoms with Gasteiger partial charge in [0.1, 0.15) is 15.6 Å².